The molecule has 0 aromatic carbocycles. The minimum Gasteiger partial charge on any atom is -0.368 e. The molecule has 0 saturated heterocycles. The van der Waals surface area contributed by atoms with Gasteiger partial charge < -0.3 is 10.1 Å². The summed E-state index contributed by atoms with van der Waals surface area (Å²) in [4.78, 5) is 11.4. The van der Waals surface area contributed by atoms with Crippen molar-refractivity contribution in [1.29, 1.82) is 0 Å². The van der Waals surface area contributed by atoms with Crippen LogP contribution in [-0.4, -0.2) is 25.7 Å². The first-order valence-electron chi connectivity index (χ1n) is 4.76. The summed E-state index contributed by atoms with van der Waals surface area (Å²) >= 11 is 0. The van der Waals surface area contributed by atoms with Gasteiger partial charge in [-0.05, 0) is 11.8 Å². The molecule has 1 unspecified atom stereocenters. The highest BCUT2D eigenvalue weighted by Crippen LogP contribution is 2.22. The number of carbonyl (C=O) groups is 1. The van der Waals surface area contributed by atoms with Crippen molar-refractivity contribution >= 4 is 5.91 Å². The third-order valence-electron chi connectivity index (χ3n) is 1.76. The molecule has 0 rings (SSSR count). The normalized spacial score (nSPS) is 13.9. The van der Waals surface area contributed by atoms with E-state index in [1.807, 2.05) is 27.7 Å². The lowest BCUT2D eigenvalue weighted by atomic mass is 9.88. The quantitative estimate of drug-likeness (QED) is 0.725. The Labute approximate surface area is 80.8 Å². The third kappa shape index (κ3) is 4.27. The first-order valence-corrected chi connectivity index (χ1v) is 4.76. The Morgan fingerprint density at radius 1 is 1.46 bits per heavy atom. The second-order valence-corrected chi connectivity index (χ2v) is 4.23. The molecule has 0 spiro atoms. The Morgan fingerprint density at radius 3 is 2.31 bits per heavy atom. The Kier molecular flexibility index (Phi) is 4.99. The van der Waals surface area contributed by atoms with Crippen LogP contribution in [0.25, 0.3) is 0 Å². The van der Waals surface area contributed by atoms with Gasteiger partial charge >= 0.3 is 0 Å². The second-order valence-electron chi connectivity index (χ2n) is 4.23. The van der Waals surface area contributed by atoms with Crippen molar-refractivity contribution < 1.29 is 9.53 Å². The van der Waals surface area contributed by atoms with E-state index in [2.05, 4.69) is 5.32 Å². The summed E-state index contributed by atoms with van der Waals surface area (Å²) in [5, 5.41) is 2.62. The highest BCUT2D eigenvalue weighted by atomic mass is 16.5. The Bertz CT molecular complexity index is 161. The van der Waals surface area contributed by atoms with Gasteiger partial charge in [0.2, 0.25) is 5.91 Å². The molecule has 0 aliphatic heterocycles. The van der Waals surface area contributed by atoms with E-state index in [9.17, 15) is 4.79 Å². The molecule has 0 aliphatic carbocycles. The van der Waals surface area contributed by atoms with Gasteiger partial charge in [0.25, 0.3) is 0 Å². The molecule has 0 fully saturated rings. The Morgan fingerprint density at radius 2 is 2.00 bits per heavy atom. The molecule has 3 nitrogen and oxygen atoms in total. The van der Waals surface area contributed by atoms with Gasteiger partial charge in [0.15, 0.2) is 0 Å². The van der Waals surface area contributed by atoms with Gasteiger partial charge in [0.05, 0.1) is 0 Å². The van der Waals surface area contributed by atoms with Crippen LogP contribution in [0.1, 0.15) is 34.1 Å². The molecule has 0 radical (unpaired) electrons. The summed E-state index contributed by atoms with van der Waals surface area (Å²) in [6, 6.07) is 0. The van der Waals surface area contributed by atoms with Crippen molar-refractivity contribution in [3.63, 3.8) is 0 Å². The maximum atomic E-state index is 11.4. The molecule has 13 heavy (non-hydrogen) atoms. The minimum atomic E-state index is -0.350. The van der Waals surface area contributed by atoms with Crippen LogP contribution >= 0.6 is 0 Å². The van der Waals surface area contributed by atoms with Crippen molar-refractivity contribution in [3.8, 4) is 0 Å². The summed E-state index contributed by atoms with van der Waals surface area (Å²) in [5.41, 5.74) is -0.144. The van der Waals surface area contributed by atoms with Crippen LogP contribution in [0.2, 0.25) is 0 Å². The number of nitrogens with one attached hydrogen (secondary N) is 1. The zero-order valence-corrected chi connectivity index (χ0v) is 9.31. The molecule has 78 valence electrons. The average molecular weight is 187 g/mol. The molecular weight excluding hydrogens is 166 g/mol. The van der Waals surface area contributed by atoms with E-state index in [1.54, 1.807) is 7.05 Å². The van der Waals surface area contributed by atoms with Crippen LogP contribution < -0.4 is 5.32 Å². The van der Waals surface area contributed by atoms with Crippen molar-refractivity contribution in [2.75, 3.05) is 13.7 Å². The number of likely N-dealkylation sites (N-methyl/N-ethyl adjacent to an activating group) is 1. The van der Waals surface area contributed by atoms with Crippen molar-refractivity contribution in [3.05, 3.63) is 0 Å². The standard InChI is InChI=1S/C10H21NO2/c1-6-7-13-8(9(12)11-5)10(2,3)4/h8H,6-7H2,1-5H3,(H,11,12). The van der Waals surface area contributed by atoms with E-state index in [1.165, 1.54) is 0 Å². The molecule has 1 atom stereocenters. The molecule has 3 heteroatoms. The molecule has 0 aromatic heterocycles. The van der Waals surface area contributed by atoms with Gasteiger partial charge in [0, 0.05) is 13.7 Å². The first kappa shape index (κ1) is 12.4. The smallest absolute Gasteiger partial charge is 0.249 e. The monoisotopic (exact) mass is 187 g/mol. The van der Waals surface area contributed by atoms with Crippen LogP contribution in [0.4, 0.5) is 0 Å². The van der Waals surface area contributed by atoms with Gasteiger partial charge in [0.1, 0.15) is 6.10 Å². The number of amides is 1. The lowest BCUT2D eigenvalue weighted by Gasteiger charge is -2.28. The van der Waals surface area contributed by atoms with Gasteiger partial charge in [-0.2, -0.15) is 0 Å². The Balaban J connectivity index is 4.28. The lowest BCUT2D eigenvalue weighted by molar-refractivity contribution is -0.139. The maximum absolute atomic E-state index is 11.4. The molecular formula is C10H21NO2. The highest BCUT2D eigenvalue weighted by molar-refractivity contribution is 5.81. The van der Waals surface area contributed by atoms with E-state index < -0.39 is 0 Å². The molecule has 0 aliphatic rings. The summed E-state index contributed by atoms with van der Waals surface area (Å²) in [5.74, 6) is -0.0408. The predicted octanol–water partition coefficient (Wildman–Crippen LogP) is 1.57. The number of ether oxygens (including phenoxy) is 1. The largest absolute Gasteiger partial charge is 0.368 e. The van der Waals surface area contributed by atoms with Gasteiger partial charge in [-0.1, -0.05) is 27.7 Å². The molecule has 0 aromatic rings. The maximum Gasteiger partial charge on any atom is 0.249 e. The van der Waals surface area contributed by atoms with Gasteiger partial charge in [-0.3, -0.25) is 4.79 Å². The summed E-state index contributed by atoms with van der Waals surface area (Å²) in [7, 11) is 1.64. The zero-order chi connectivity index (χ0) is 10.5. The van der Waals surface area contributed by atoms with Crippen LogP contribution in [0.15, 0.2) is 0 Å². The number of hydrogen-bond acceptors (Lipinski definition) is 2. The highest BCUT2D eigenvalue weighted by Gasteiger charge is 2.31. The zero-order valence-electron chi connectivity index (χ0n) is 9.31. The fourth-order valence-electron chi connectivity index (χ4n) is 1.09. The summed E-state index contributed by atoms with van der Waals surface area (Å²) < 4.78 is 5.50. The first-order chi connectivity index (χ1) is 5.93. The van der Waals surface area contributed by atoms with Crippen molar-refractivity contribution in [2.45, 2.75) is 40.2 Å². The van der Waals surface area contributed by atoms with Crippen LogP contribution in [-0.2, 0) is 9.53 Å². The molecule has 0 bridgehead atoms. The molecule has 1 N–H and O–H groups in total. The van der Waals surface area contributed by atoms with Crippen molar-refractivity contribution in [1.82, 2.24) is 5.32 Å². The summed E-state index contributed by atoms with van der Waals surface area (Å²) in [6.45, 7) is 8.67. The van der Waals surface area contributed by atoms with Crippen LogP contribution in [0.3, 0.4) is 0 Å². The lowest BCUT2D eigenvalue weighted by Crippen LogP contribution is -2.43. The topological polar surface area (TPSA) is 38.3 Å². The number of hydrogen-bond donors (Lipinski definition) is 1. The van der Waals surface area contributed by atoms with E-state index >= 15 is 0 Å². The van der Waals surface area contributed by atoms with E-state index in [0.717, 1.165) is 6.42 Å². The van der Waals surface area contributed by atoms with Gasteiger partial charge in [-0.15, -0.1) is 0 Å². The minimum absolute atomic E-state index is 0.0408. The van der Waals surface area contributed by atoms with Crippen LogP contribution in [0.5, 0.6) is 0 Å². The number of carbonyl (C=O) groups excluding carboxylic acids is 1. The van der Waals surface area contributed by atoms with Crippen molar-refractivity contribution in [2.24, 2.45) is 5.41 Å². The molecule has 0 heterocycles. The summed E-state index contributed by atoms with van der Waals surface area (Å²) in [6.07, 6.45) is 0.585. The fourth-order valence-corrected chi connectivity index (χ4v) is 1.09. The molecule has 0 saturated carbocycles. The predicted molar refractivity (Wildman–Crippen MR) is 53.6 cm³/mol. The average Bonchev–Trinajstić information content (AvgIpc) is 2.02. The van der Waals surface area contributed by atoms with E-state index in [4.69, 9.17) is 4.74 Å². The van der Waals surface area contributed by atoms with Crippen LogP contribution in [0, 0.1) is 5.41 Å². The molecule has 1 amide bonds. The van der Waals surface area contributed by atoms with E-state index in [0.29, 0.717) is 6.61 Å². The third-order valence-corrected chi connectivity index (χ3v) is 1.76. The second kappa shape index (κ2) is 5.22. The van der Waals surface area contributed by atoms with E-state index in [-0.39, 0.29) is 17.4 Å². The van der Waals surface area contributed by atoms with Gasteiger partial charge in [-0.25, -0.2) is 0 Å². The SMILES string of the molecule is CCCOC(C(=O)NC)C(C)(C)C. The fraction of sp³-hybridized carbons (Fsp3) is 0.900. The number of rotatable bonds is 4. The Hall–Kier alpha value is -0.570.